The summed E-state index contributed by atoms with van der Waals surface area (Å²) >= 11 is 1.77. The highest BCUT2D eigenvalue weighted by Crippen LogP contribution is 2.33. The number of aromatic nitrogens is 6. The summed E-state index contributed by atoms with van der Waals surface area (Å²) in [6.45, 7) is 2.31. The summed E-state index contributed by atoms with van der Waals surface area (Å²) in [4.78, 5) is 13.5. The van der Waals surface area contributed by atoms with Crippen LogP contribution in [-0.2, 0) is 6.42 Å². The van der Waals surface area contributed by atoms with E-state index in [2.05, 4.69) is 56.1 Å². The SMILES string of the molecule is CC[C@@H]1CCCC[C@H]1Nc1nc2ccc(Cc3cnc4cc(-n5cncn5)ccn34)cc2s1. The van der Waals surface area contributed by atoms with Crippen LogP contribution in [-0.4, -0.2) is 35.2 Å². The molecule has 0 amide bonds. The number of rotatable bonds is 6. The van der Waals surface area contributed by atoms with E-state index in [1.807, 2.05) is 18.3 Å². The molecule has 33 heavy (non-hydrogen) atoms. The Kier molecular flexibility index (Phi) is 5.30. The molecule has 8 heteroatoms. The molecule has 4 aromatic heterocycles. The van der Waals surface area contributed by atoms with Crippen LogP contribution >= 0.6 is 11.3 Å². The van der Waals surface area contributed by atoms with Crippen molar-refractivity contribution in [3.8, 4) is 5.69 Å². The molecule has 7 nitrogen and oxygen atoms in total. The van der Waals surface area contributed by atoms with E-state index in [1.165, 1.54) is 48.7 Å². The second-order valence-corrected chi connectivity index (χ2v) is 9.93. The molecule has 2 atom stereocenters. The van der Waals surface area contributed by atoms with Crippen LogP contribution in [0.2, 0.25) is 0 Å². The van der Waals surface area contributed by atoms with Crippen LogP contribution in [0.4, 0.5) is 5.13 Å². The Morgan fingerprint density at radius 3 is 2.97 bits per heavy atom. The van der Waals surface area contributed by atoms with Gasteiger partial charge < -0.3 is 9.72 Å². The lowest BCUT2D eigenvalue weighted by molar-refractivity contribution is 0.317. The summed E-state index contributed by atoms with van der Waals surface area (Å²) in [7, 11) is 0. The second-order valence-electron chi connectivity index (χ2n) is 8.90. The van der Waals surface area contributed by atoms with Gasteiger partial charge in [0.15, 0.2) is 5.13 Å². The molecule has 0 saturated heterocycles. The third-order valence-electron chi connectivity index (χ3n) is 6.84. The number of hydrogen-bond acceptors (Lipinski definition) is 6. The third kappa shape index (κ3) is 3.99. The molecule has 0 bridgehead atoms. The summed E-state index contributed by atoms with van der Waals surface area (Å²) < 4.78 is 5.12. The van der Waals surface area contributed by atoms with Gasteiger partial charge in [-0.1, -0.05) is 43.6 Å². The quantitative estimate of drug-likeness (QED) is 0.365. The predicted octanol–water partition coefficient (Wildman–Crippen LogP) is 5.50. The van der Waals surface area contributed by atoms with Crippen LogP contribution in [0.15, 0.2) is 55.4 Å². The molecule has 0 spiro atoms. The first-order valence-corrected chi connectivity index (χ1v) is 12.6. The fourth-order valence-electron chi connectivity index (χ4n) is 5.03. The van der Waals surface area contributed by atoms with Crippen molar-refractivity contribution in [2.24, 2.45) is 5.92 Å². The highest BCUT2D eigenvalue weighted by Gasteiger charge is 2.24. The number of benzene rings is 1. The lowest BCUT2D eigenvalue weighted by Gasteiger charge is -2.31. The molecule has 1 aliphatic carbocycles. The molecule has 1 aliphatic rings. The minimum atomic E-state index is 0.560. The minimum absolute atomic E-state index is 0.560. The number of thiazole rings is 1. The smallest absolute Gasteiger partial charge is 0.184 e. The van der Waals surface area contributed by atoms with Crippen LogP contribution < -0.4 is 5.32 Å². The number of imidazole rings is 1. The Labute approximate surface area is 196 Å². The van der Waals surface area contributed by atoms with Crippen LogP contribution in [0.3, 0.4) is 0 Å². The molecule has 4 heterocycles. The molecule has 1 aromatic carbocycles. The fraction of sp³-hybridized carbons (Fsp3) is 0.360. The van der Waals surface area contributed by atoms with Crippen molar-refractivity contribution in [3.63, 3.8) is 0 Å². The van der Waals surface area contributed by atoms with Gasteiger partial charge in [0.25, 0.3) is 0 Å². The zero-order valence-corrected chi connectivity index (χ0v) is 19.5. The van der Waals surface area contributed by atoms with E-state index in [9.17, 15) is 0 Å². The Hall–Kier alpha value is -3.26. The van der Waals surface area contributed by atoms with E-state index in [0.29, 0.717) is 6.04 Å². The minimum Gasteiger partial charge on any atom is -0.358 e. The van der Waals surface area contributed by atoms with E-state index in [4.69, 9.17) is 4.98 Å². The Morgan fingerprint density at radius 1 is 1.15 bits per heavy atom. The average molecular weight is 458 g/mol. The summed E-state index contributed by atoms with van der Waals surface area (Å²) in [6, 6.07) is 11.2. The van der Waals surface area contributed by atoms with Crippen molar-refractivity contribution in [1.82, 2.24) is 29.1 Å². The van der Waals surface area contributed by atoms with Crippen LogP contribution in [0.25, 0.3) is 21.6 Å². The number of nitrogens with one attached hydrogen (secondary N) is 1. The standard InChI is InChI=1S/C25H27N7S/c1-2-18-5-3-4-6-21(18)29-25-30-22-8-7-17(12-23(22)33-25)11-20-14-27-24-13-19(9-10-31(20)24)32-16-26-15-28-32/h7-10,12-16,18,21H,2-6,11H2,1H3,(H,29,30)/t18-,21-/m1/s1. The van der Waals surface area contributed by atoms with Crippen molar-refractivity contribution in [2.75, 3.05) is 5.32 Å². The normalized spacial score (nSPS) is 18.8. The van der Waals surface area contributed by atoms with Crippen LogP contribution in [0, 0.1) is 5.92 Å². The molecule has 1 fully saturated rings. The van der Waals surface area contributed by atoms with Crippen molar-refractivity contribution in [1.29, 1.82) is 0 Å². The Balaban J connectivity index is 1.22. The summed E-state index contributed by atoms with van der Waals surface area (Å²) in [5.41, 5.74) is 5.35. The van der Waals surface area contributed by atoms with Gasteiger partial charge in [-0.2, -0.15) is 5.10 Å². The van der Waals surface area contributed by atoms with E-state index in [1.54, 1.807) is 22.3 Å². The highest BCUT2D eigenvalue weighted by atomic mass is 32.1. The maximum atomic E-state index is 4.87. The first-order chi connectivity index (χ1) is 16.3. The zero-order valence-electron chi connectivity index (χ0n) is 18.7. The zero-order chi connectivity index (χ0) is 22.2. The predicted molar refractivity (Wildman–Crippen MR) is 132 cm³/mol. The van der Waals surface area contributed by atoms with Gasteiger partial charge in [-0.05, 0) is 42.5 Å². The summed E-state index contributed by atoms with van der Waals surface area (Å²) in [5.74, 6) is 0.765. The van der Waals surface area contributed by atoms with Gasteiger partial charge >= 0.3 is 0 Å². The third-order valence-corrected chi connectivity index (χ3v) is 7.79. The molecule has 5 aromatic rings. The molecular formula is C25H27N7S. The number of hydrogen-bond donors (Lipinski definition) is 1. The molecule has 1 N–H and O–H groups in total. The summed E-state index contributed by atoms with van der Waals surface area (Å²) in [5, 5.41) is 9.02. The molecule has 0 radical (unpaired) electrons. The van der Waals surface area contributed by atoms with E-state index >= 15 is 0 Å². The number of pyridine rings is 1. The van der Waals surface area contributed by atoms with Gasteiger partial charge in [0.1, 0.15) is 18.3 Å². The molecular weight excluding hydrogens is 430 g/mol. The van der Waals surface area contributed by atoms with E-state index in [-0.39, 0.29) is 0 Å². The van der Waals surface area contributed by atoms with Crippen molar-refractivity contribution in [3.05, 3.63) is 66.6 Å². The van der Waals surface area contributed by atoms with Gasteiger partial charge in [0, 0.05) is 36.6 Å². The molecule has 0 unspecified atom stereocenters. The second kappa shape index (κ2) is 8.59. The van der Waals surface area contributed by atoms with Crippen molar-refractivity contribution >= 4 is 32.3 Å². The average Bonchev–Trinajstić information content (AvgIpc) is 3.59. The molecule has 6 rings (SSSR count). The monoisotopic (exact) mass is 457 g/mol. The number of fused-ring (bicyclic) bond motifs is 2. The molecule has 1 saturated carbocycles. The van der Waals surface area contributed by atoms with Crippen LogP contribution in [0.5, 0.6) is 0 Å². The number of anilines is 1. The van der Waals surface area contributed by atoms with Gasteiger partial charge in [-0.15, -0.1) is 0 Å². The van der Waals surface area contributed by atoms with Gasteiger partial charge in [-0.3, -0.25) is 0 Å². The Morgan fingerprint density at radius 2 is 2.09 bits per heavy atom. The van der Waals surface area contributed by atoms with E-state index in [0.717, 1.165) is 40.0 Å². The van der Waals surface area contributed by atoms with Gasteiger partial charge in [0.05, 0.1) is 15.9 Å². The molecule has 168 valence electrons. The lowest BCUT2D eigenvalue weighted by Crippen LogP contribution is -2.31. The van der Waals surface area contributed by atoms with Crippen molar-refractivity contribution in [2.45, 2.75) is 51.5 Å². The Bertz CT molecular complexity index is 1380. The first-order valence-electron chi connectivity index (χ1n) is 11.7. The highest BCUT2D eigenvalue weighted by molar-refractivity contribution is 7.22. The molecule has 0 aliphatic heterocycles. The van der Waals surface area contributed by atoms with Gasteiger partial charge in [-0.25, -0.2) is 19.6 Å². The van der Waals surface area contributed by atoms with Gasteiger partial charge in [0.2, 0.25) is 0 Å². The largest absolute Gasteiger partial charge is 0.358 e. The van der Waals surface area contributed by atoms with Crippen molar-refractivity contribution < 1.29 is 0 Å². The van der Waals surface area contributed by atoms with E-state index < -0.39 is 0 Å². The lowest BCUT2D eigenvalue weighted by atomic mass is 9.83. The fourth-order valence-corrected chi connectivity index (χ4v) is 6.02. The maximum Gasteiger partial charge on any atom is 0.184 e. The number of nitrogens with zero attached hydrogens (tertiary/aromatic N) is 6. The maximum absolute atomic E-state index is 4.87. The topological polar surface area (TPSA) is 72.9 Å². The van der Waals surface area contributed by atoms with Crippen LogP contribution in [0.1, 0.15) is 50.3 Å². The summed E-state index contributed by atoms with van der Waals surface area (Å²) in [6.07, 6.45) is 14.6. The first kappa shape index (κ1) is 20.4.